The number of ether oxygens (including phenoxy) is 1. The molecule has 1 fully saturated rings. The van der Waals surface area contributed by atoms with Crippen molar-refractivity contribution in [1.82, 2.24) is 4.98 Å². The van der Waals surface area contributed by atoms with Crippen molar-refractivity contribution in [2.45, 2.75) is 33.8 Å². The van der Waals surface area contributed by atoms with E-state index < -0.39 is 0 Å². The minimum absolute atomic E-state index is 0.346. The average Bonchev–Trinajstić information content (AvgIpc) is 3.09. The highest BCUT2D eigenvalue weighted by molar-refractivity contribution is 5.14. The lowest BCUT2D eigenvalue weighted by atomic mass is 10.2. The normalized spacial score (nSPS) is 17.4. The Morgan fingerprint density at radius 3 is 2.31 bits per heavy atom. The van der Waals surface area contributed by atoms with Gasteiger partial charge in [-0.25, -0.2) is 0 Å². The molecule has 0 radical (unpaired) electrons. The quantitative estimate of drug-likeness (QED) is 0.622. The first-order valence-corrected chi connectivity index (χ1v) is 4.98. The Labute approximate surface area is 81.0 Å². The average molecular weight is 181 g/mol. The van der Waals surface area contributed by atoms with Crippen LogP contribution < -0.4 is 0 Å². The first kappa shape index (κ1) is 12.1. The summed E-state index contributed by atoms with van der Waals surface area (Å²) in [7, 11) is 0. The summed E-state index contributed by atoms with van der Waals surface area (Å²) in [6, 6.07) is 3.96. The van der Waals surface area contributed by atoms with E-state index in [4.69, 9.17) is 4.74 Å². The molecule has 1 aliphatic rings. The molecule has 13 heavy (non-hydrogen) atoms. The molecule has 1 atom stereocenters. The smallest absolute Gasteiger partial charge is 0.107 e. The molecule has 1 aromatic rings. The molecule has 0 saturated carbocycles. The van der Waals surface area contributed by atoms with Crippen molar-refractivity contribution in [3.63, 3.8) is 0 Å². The van der Waals surface area contributed by atoms with Gasteiger partial charge >= 0.3 is 0 Å². The van der Waals surface area contributed by atoms with Crippen LogP contribution in [0.15, 0.2) is 24.5 Å². The SMILES string of the molecule is CC.CC.c1cncc(C2CO2)c1. The molecule has 2 rings (SSSR count). The van der Waals surface area contributed by atoms with Gasteiger partial charge in [0.1, 0.15) is 6.10 Å². The number of epoxide rings is 1. The van der Waals surface area contributed by atoms with Crippen LogP contribution in [0.4, 0.5) is 0 Å². The van der Waals surface area contributed by atoms with Gasteiger partial charge in [0.25, 0.3) is 0 Å². The first-order valence-electron chi connectivity index (χ1n) is 4.98. The molecule has 0 bridgehead atoms. The number of hydrogen-bond donors (Lipinski definition) is 0. The summed E-state index contributed by atoms with van der Waals surface area (Å²) in [5.74, 6) is 0. The zero-order valence-corrected chi connectivity index (χ0v) is 8.95. The van der Waals surface area contributed by atoms with Crippen LogP contribution in [0.25, 0.3) is 0 Å². The summed E-state index contributed by atoms with van der Waals surface area (Å²) in [5.41, 5.74) is 1.19. The minimum Gasteiger partial charge on any atom is -0.368 e. The molecule has 74 valence electrons. The van der Waals surface area contributed by atoms with E-state index in [1.807, 2.05) is 46.0 Å². The van der Waals surface area contributed by atoms with Crippen LogP contribution in [-0.4, -0.2) is 11.6 Å². The van der Waals surface area contributed by atoms with Gasteiger partial charge in [-0.15, -0.1) is 0 Å². The third-order valence-corrected chi connectivity index (χ3v) is 1.39. The van der Waals surface area contributed by atoms with Crippen LogP contribution in [0.5, 0.6) is 0 Å². The van der Waals surface area contributed by atoms with Gasteiger partial charge in [-0.2, -0.15) is 0 Å². The highest BCUT2D eigenvalue weighted by atomic mass is 16.6. The summed E-state index contributed by atoms with van der Waals surface area (Å²) in [5, 5.41) is 0. The lowest BCUT2D eigenvalue weighted by molar-refractivity contribution is 0.415. The second-order valence-electron chi connectivity index (χ2n) is 2.11. The van der Waals surface area contributed by atoms with Crippen LogP contribution in [-0.2, 0) is 4.74 Å². The second-order valence-corrected chi connectivity index (χ2v) is 2.11. The van der Waals surface area contributed by atoms with Crippen molar-refractivity contribution in [1.29, 1.82) is 0 Å². The maximum Gasteiger partial charge on any atom is 0.107 e. The fourth-order valence-electron chi connectivity index (χ4n) is 0.807. The fourth-order valence-corrected chi connectivity index (χ4v) is 0.807. The number of nitrogens with zero attached hydrogens (tertiary/aromatic N) is 1. The van der Waals surface area contributed by atoms with E-state index in [2.05, 4.69) is 4.98 Å². The zero-order valence-electron chi connectivity index (χ0n) is 8.95. The summed E-state index contributed by atoms with van der Waals surface area (Å²) >= 11 is 0. The maximum absolute atomic E-state index is 5.05. The van der Waals surface area contributed by atoms with Crippen LogP contribution in [0.1, 0.15) is 39.4 Å². The van der Waals surface area contributed by atoms with Crippen molar-refractivity contribution in [2.24, 2.45) is 0 Å². The van der Waals surface area contributed by atoms with Gasteiger partial charge in [-0.1, -0.05) is 33.8 Å². The van der Waals surface area contributed by atoms with Crippen LogP contribution in [0.3, 0.4) is 0 Å². The molecule has 1 unspecified atom stereocenters. The molecule has 1 aliphatic heterocycles. The zero-order chi connectivity index (χ0) is 10.1. The summed E-state index contributed by atoms with van der Waals surface area (Å²) in [6.45, 7) is 8.87. The molecule has 1 aromatic heterocycles. The maximum atomic E-state index is 5.05. The third-order valence-electron chi connectivity index (χ3n) is 1.39. The van der Waals surface area contributed by atoms with Gasteiger partial charge in [-0.3, -0.25) is 4.98 Å². The largest absolute Gasteiger partial charge is 0.368 e. The Balaban J connectivity index is 0.000000322. The van der Waals surface area contributed by atoms with E-state index >= 15 is 0 Å². The standard InChI is InChI=1S/C7H7NO.2C2H6/c1-2-6(4-8-3-1)7-5-9-7;2*1-2/h1-4,7H,5H2;2*1-2H3. The van der Waals surface area contributed by atoms with E-state index in [1.165, 1.54) is 5.56 Å². The van der Waals surface area contributed by atoms with Crippen LogP contribution in [0.2, 0.25) is 0 Å². The molecular formula is C11H19NO. The molecule has 2 heteroatoms. The Hall–Kier alpha value is -0.890. The Morgan fingerprint density at radius 2 is 1.92 bits per heavy atom. The van der Waals surface area contributed by atoms with Gasteiger partial charge in [0.2, 0.25) is 0 Å². The topological polar surface area (TPSA) is 25.4 Å². The summed E-state index contributed by atoms with van der Waals surface area (Å²) in [6.07, 6.45) is 3.96. The predicted molar refractivity (Wildman–Crippen MR) is 55.6 cm³/mol. The van der Waals surface area contributed by atoms with E-state index in [0.29, 0.717) is 6.10 Å². The number of rotatable bonds is 1. The van der Waals surface area contributed by atoms with Gasteiger partial charge in [0, 0.05) is 18.0 Å². The highest BCUT2D eigenvalue weighted by Crippen LogP contribution is 2.28. The Morgan fingerprint density at radius 1 is 1.31 bits per heavy atom. The highest BCUT2D eigenvalue weighted by Gasteiger charge is 2.24. The molecule has 0 amide bonds. The van der Waals surface area contributed by atoms with Gasteiger partial charge in [0.05, 0.1) is 6.61 Å². The second kappa shape index (κ2) is 7.74. The Bertz CT molecular complexity index is 195. The Kier molecular flexibility index (Phi) is 7.21. The molecule has 0 spiro atoms. The van der Waals surface area contributed by atoms with E-state index in [1.54, 1.807) is 6.20 Å². The molecular weight excluding hydrogens is 162 g/mol. The number of aromatic nitrogens is 1. The van der Waals surface area contributed by atoms with Crippen molar-refractivity contribution in [3.8, 4) is 0 Å². The van der Waals surface area contributed by atoms with Crippen molar-refractivity contribution < 1.29 is 4.74 Å². The molecule has 0 aliphatic carbocycles. The number of pyridine rings is 1. The third kappa shape index (κ3) is 4.63. The summed E-state index contributed by atoms with van der Waals surface area (Å²) < 4.78 is 5.05. The summed E-state index contributed by atoms with van der Waals surface area (Å²) in [4.78, 5) is 3.97. The van der Waals surface area contributed by atoms with Gasteiger partial charge < -0.3 is 4.74 Å². The van der Waals surface area contributed by atoms with Crippen LogP contribution >= 0.6 is 0 Å². The van der Waals surface area contributed by atoms with E-state index in [0.717, 1.165) is 6.61 Å². The molecule has 2 nitrogen and oxygen atoms in total. The van der Waals surface area contributed by atoms with E-state index in [9.17, 15) is 0 Å². The monoisotopic (exact) mass is 181 g/mol. The predicted octanol–water partition coefficient (Wildman–Crippen LogP) is 3.21. The van der Waals surface area contributed by atoms with Crippen molar-refractivity contribution in [3.05, 3.63) is 30.1 Å². The van der Waals surface area contributed by atoms with Crippen molar-refractivity contribution in [2.75, 3.05) is 6.61 Å². The van der Waals surface area contributed by atoms with Crippen molar-refractivity contribution >= 4 is 0 Å². The van der Waals surface area contributed by atoms with E-state index in [-0.39, 0.29) is 0 Å². The molecule has 0 N–H and O–H groups in total. The molecule has 1 saturated heterocycles. The lowest BCUT2D eigenvalue weighted by Crippen LogP contribution is -1.79. The van der Waals surface area contributed by atoms with Gasteiger partial charge in [0.15, 0.2) is 0 Å². The van der Waals surface area contributed by atoms with Gasteiger partial charge in [-0.05, 0) is 6.07 Å². The molecule has 2 heterocycles. The minimum atomic E-state index is 0.346. The van der Waals surface area contributed by atoms with Crippen LogP contribution in [0, 0.1) is 0 Å². The number of hydrogen-bond acceptors (Lipinski definition) is 2. The lowest BCUT2D eigenvalue weighted by Gasteiger charge is -1.89. The molecule has 0 aromatic carbocycles. The first-order chi connectivity index (χ1) is 6.47. The fraction of sp³-hybridized carbons (Fsp3) is 0.545.